The van der Waals surface area contributed by atoms with E-state index >= 15 is 0 Å². The van der Waals surface area contributed by atoms with Crippen LogP contribution in [0.15, 0.2) is 24.3 Å². The van der Waals surface area contributed by atoms with Crippen LogP contribution in [0.1, 0.15) is 57.7 Å². The van der Waals surface area contributed by atoms with Crippen molar-refractivity contribution in [1.29, 1.82) is 0 Å². The Balaban J connectivity index is 2.42. The third-order valence-corrected chi connectivity index (χ3v) is 3.88. The first-order valence-corrected chi connectivity index (χ1v) is 7.64. The van der Waals surface area contributed by atoms with Crippen LogP contribution >= 0.6 is 0 Å². The van der Waals surface area contributed by atoms with Crippen molar-refractivity contribution in [2.45, 2.75) is 46.6 Å². The minimum atomic E-state index is 0.428. The lowest BCUT2D eigenvalue weighted by Gasteiger charge is -2.21. The molecule has 0 heterocycles. The first-order chi connectivity index (χ1) is 9.08. The molecule has 1 unspecified atom stereocenters. The Hall–Kier alpha value is -0.860. The molecule has 0 bridgehead atoms. The average Bonchev–Trinajstić information content (AvgIpc) is 2.43. The van der Waals surface area contributed by atoms with Gasteiger partial charge in [0.15, 0.2) is 0 Å². The molecule has 0 aliphatic rings. The second-order valence-electron chi connectivity index (χ2n) is 5.52. The first-order valence-electron chi connectivity index (χ1n) is 7.64. The Morgan fingerprint density at radius 1 is 0.947 bits per heavy atom. The zero-order valence-electron chi connectivity index (χ0n) is 13.2. The van der Waals surface area contributed by atoms with Gasteiger partial charge in [0.05, 0.1) is 0 Å². The Kier molecular flexibility index (Phi) is 7.11. The fraction of sp³-hybridized carbons (Fsp3) is 0.647. The van der Waals surface area contributed by atoms with Gasteiger partial charge in [0.1, 0.15) is 0 Å². The molecule has 0 aliphatic heterocycles. The van der Waals surface area contributed by atoms with Gasteiger partial charge in [-0.15, -0.1) is 0 Å². The number of hydrogen-bond donors (Lipinski definition) is 1. The van der Waals surface area contributed by atoms with Crippen molar-refractivity contribution in [1.82, 2.24) is 10.2 Å². The number of likely N-dealkylation sites (N-methyl/N-ethyl adjacent to an activating group) is 1. The molecular formula is C17H30N2. The lowest BCUT2D eigenvalue weighted by atomic mass is 10.00. The zero-order valence-corrected chi connectivity index (χ0v) is 13.2. The van der Waals surface area contributed by atoms with Crippen LogP contribution in [-0.2, 0) is 0 Å². The third-order valence-electron chi connectivity index (χ3n) is 3.88. The van der Waals surface area contributed by atoms with Crippen LogP contribution in [0.3, 0.4) is 0 Å². The molecule has 0 spiro atoms. The van der Waals surface area contributed by atoms with Crippen molar-refractivity contribution in [2.24, 2.45) is 0 Å². The minimum absolute atomic E-state index is 0.428. The van der Waals surface area contributed by atoms with Gasteiger partial charge in [-0.3, -0.25) is 0 Å². The monoisotopic (exact) mass is 262 g/mol. The summed E-state index contributed by atoms with van der Waals surface area (Å²) in [4.78, 5) is 2.45. The van der Waals surface area contributed by atoms with Crippen LogP contribution in [-0.4, -0.2) is 31.1 Å². The van der Waals surface area contributed by atoms with Gasteiger partial charge < -0.3 is 10.2 Å². The lowest BCUT2D eigenvalue weighted by molar-refractivity contribution is 0.298. The van der Waals surface area contributed by atoms with Crippen molar-refractivity contribution in [3.05, 3.63) is 35.4 Å². The molecule has 1 atom stereocenters. The Morgan fingerprint density at radius 2 is 1.47 bits per heavy atom. The second-order valence-corrected chi connectivity index (χ2v) is 5.52. The van der Waals surface area contributed by atoms with Crippen LogP contribution in [0.25, 0.3) is 0 Å². The van der Waals surface area contributed by atoms with Crippen molar-refractivity contribution in [3.8, 4) is 0 Å². The van der Waals surface area contributed by atoms with E-state index in [0.29, 0.717) is 12.0 Å². The van der Waals surface area contributed by atoms with Gasteiger partial charge in [-0.25, -0.2) is 0 Å². The molecule has 2 heteroatoms. The molecular weight excluding hydrogens is 232 g/mol. The highest BCUT2D eigenvalue weighted by Crippen LogP contribution is 2.18. The topological polar surface area (TPSA) is 15.3 Å². The van der Waals surface area contributed by atoms with Crippen LogP contribution < -0.4 is 5.32 Å². The summed E-state index contributed by atoms with van der Waals surface area (Å²) in [7, 11) is 0. The van der Waals surface area contributed by atoms with E-state index < -0.39 is 0 Å². The van der Waals surface area contributed by atoms with Gasteiger partial charge in [-0.1, -0.05) is 52.0 Å². The van der Waals surface area contributed by atoms with E-state index in [1.807, 2.05) is 0 Å². The molecule has 0 saturated carbocycles. The molecule has 0 saturated heterocycles. The maximum absolute atomic E-state index is 3.61. The third kappa shape index (κ3) is 5.33. The normalized spacial score (nSPS) is 13.2. The minimum Gasteiger partial charge on any atom is -0.309 e. The molecule has 1 rings (SSSR count). The van der Waals surface area contributed by atoms with E-state index in [9.17, 15) is 0 Å². The Labute approximate surface area is 119 Å². The predicted molar refractivity (Wildman–Crippen MR) is 84.7 cm³/mol. The van der Waals surface area contributed by atoms with E-state index in [1.165, 1.54) is 11.1 Å². The molecule has 19 heavy (non-hydrogen) atoms. The quantitative estimate of drug-likeness (QED) is 0.766. The number of nitrogens with zero attached hydrogens (tertiary/aromatic N) is 1. The molecule has 0 aliphatic carbocycles. The van der Waals surface area contributed by atoms with Gasteiger partial charge in [0.2, 0.25) is 0 Å². The summed E-state index contributed by atoms with van der Waals surface area (Å²) in [6, 6.07) is 9.44. The fourth-order valence-corrected chi connectivity index (χ4v) is 2.27. The van der Waals surface area contributed by atoms with Crippen molar-refractivity contribution < 1.29 is 0 Å². The molecule has 0 radical (unpaired) electrons. The predicted octanol–water partition coefficient (Wildman–Crippen LogP) is 3.80. The average molecular weight is 262 g/mol. The standard InChI is InChI=1S/C17H30N2/c1-6-19(7-2)13-12-18-15(5)17-10-8-16(9-11-17)14(3)4/h8-11,14-15,18H,6-7,12-13H2,1-5H3. The number of hydrogen-bond acceptors (Lipinski definition) is 2. The highest BCUT2D eigenvalue weighted by Gasteiger charge is 2.06. The van der Waals surface area contributed by atoms with Gasteiger partial charge in [-0.05, 0) is 37.1 Å². The number of nitrogens with one attached hydrogen (secondary N) is 1. The van der Waals surface area contributed by atoms with Gasteiger partial charge >= 0.3 is 0 Å². The maximum atomic E-state index is 3.61. The van der Waals surface area contributed by atoms with E-state index in [-0.39, 0.29) is 0 Å². The molecule has 0 amide bonds. The fourth-order valence-electron chi connectivity index (χ4n) is 2.27. The lowest BCUT2D eigenvalue weighted by Crippen LogP contribution is -2.33. The van der Waals surface area contributed by atoms with Gasteiger partial charge in [0, 0.05) is 19.1 Å². The Bertz CT molecular complexity index is 339. The zero-order chi connectivity index (χ0) is 14.3. The van der Waals surface area contributed by atoms with Crippen LogP contribution in [0.4, 0.5) is 0 Å². The number of rotatable bonds is 8. The largest absolute Gasteiger partial charge is 0.309 e. The summed E-state index contributed by atoms with van der Waals surface area (Å²) in [6.45, 7) is 15.6. The summed E-state index contributed by atoms with van der Waals surface area (Å²) in [5.74, 6) is 0.611. The first kappa shape index (κ1) is 16.2. The Morgan fingerprint density at radius 3 is 1.95 bits per heavy atom. The van der Waals surface area contributed by atoms with Crippen LogP contribution in [0.2, 0.25) is 0 Å². The molecule has 1 aromatic rings. The smallest absolute Gasteiger partial charge is 0.0292 e. The summed E-state index contributed by atoms with van der Waals surface area (Å²) in [5.41, 5.74) is 2.79. The van der Waals surface area contributed by atoms with Crippen LogP contribution in [0.5, 0.6) is 0 Å². The van der Waals surface area contributed by atoms with Crippen LogP contribution in [0, 0.1) is 0 Å². The second kappa shape index (κ2) is 8.34. The molecule has 0 aromatic heterocycles. The highest BCUT2D eigenvalue weighted by atomic mass is 15.1. The molecule has 1 aromatic carbocycles. The van der Waals surface area contributed by atoms with E-state index in [2.05, 4.69) is 69.1 Å². The SMILES string of the molecule is CCN(CC)CCNC(C)c1ccc(C(C)C)cc1. The highest BCUT2D eigenvalue weighted by molar-refractivity contribution is 5.26. The summed E-state index contributed by atoms with van der Waals surface area (Å²) >= 11 is 0. The summed E-state index contributed by atoms with van der Waals surface area (Å²) in [6.07, 6.45) is 0. The van der Waals surface area contributed by atoms with E-state index in [0.717, 1.165) is 26.2 Å². The van der Waals surface area contributed by atoms with Crippen molar-refractivity contribution >= 4 is 0 Å². The van der Waals surface area contributed by atoms with Gasteiger partial charge in [-0.2, -0.15) is 0 Å². The van der Waals surface area contributed by atoms with E-state index in [1.54, 1.807) is 0 Å². The summed E-state index contributed by atoms with van der Waals surface area (Å²) < 4.78 is 0. The molecule has 108 valence electrons. The summed E-state index contributed by atoms with van der Waals surface area (Å²) in [5, 5.41) is 3.61. The molecule has 0 fully saturated rings. The number of benzene rings is 1. The van der Waals surface area contributed by atoms with Crippen molar-refractivity contribution in [2.75, 3.05) is 26.2 Å². The molecule has 1 N–H and O–H groups in total. The van der Waals surface area contributed by atoms with Crippen molar-refractivity contribution in [3.63, 3.8) is 0 Å². The molecule has 2 nitrogen and oxygen atoms in total. The maximum Gasteiger partial charge on any atom is 0.0292 e. The van der Waals surface area contributed by atoms with E-state index in [4.69, 9.17) is 0 Å². The van der Waals surface area contributed by atoms with Gasteiger partial charge in [0.25, 0.3) is 0 Å².